The van der Waals surface area contributed by atoms with Crippen LogP contribution in [0.5, 0.6) is 5.75 Å². The minimum Gasteiger partial charge on any atom is -0.482 e. The molecule has 24 heavy (non-hydrogen) atoms. The number of sulfone groups is 1. The smallest absolute Gasteiger partial charge is 0.262 e. The van der Waals surface area contributed by atoms with E-state index in [4.69, 9.17) is 4.74 Å². The average Bonchev–Trinajstić information content (AvgIpc) is 2.60. The third kappa shape index (κ3) is 3.69. The van der Waals surface area contributed by atoms with Gasteiger partial charge in [-0.3, -0.25) is 9.59 Å². The van der Waals surface area contributed by atoms with Crippen molar-refractivity contribution in [1.29, 1.82) is 0 Å². The van der Waals surface area contributed by atoms with E-state index in [1.807, 2.05) is 0 Å². The Bertz CT molecular complexity index is 754. The van der Waals surface area contributed by atoms with Crippen LogP contribution >= 0.6 is 0 Å². The van der Waals surface area contributed by atoms with Gasteiger partial charge in [0.1, 0.15) is 5.75 Å². The van der Waals surface area contributed by atoms with Crippen molar-refractivity contribution in [3.05, 3.63) is 18.2 Å². The standard InChI is InChI=1S/C16H20N2O5S/c19-15-11-23-14-10-12(4-5-13(14)17-15)24(21,22)9-6-16(20)18-7-2-1-3-8-18/h4-5,10H,1-3,6-9,11H2,(H,17,19). The fourth-order valence-corrected chi connectivity index (χ4v) is 4.13. The third-order valence-corrected chi connectivity index (χ3v) is 5.95. The van der Waals surface area contributed by atoms with E-state index in [0.717, 1.165) is 19.3 Å². The zero-order chi connectivity index (χ0) is 17.2. The molecule has 0 saturated carbocycles. The monoisotopic (exact) mass is 352 g/mol. The van der Waals surface area contributed by atoms with Crippen molar-refractivity contribution in [2.75, 3.05) is 30.8 Å². The van der Waals surface area contributed by atoms with Gasteiger partial charge >= 0.3 is 0 Å². The maximum Gasteiger partial charge on any atom is 0.262 e. The topological polar surface area (TPSA) is 92.8 Å². The number of fused-ring (bicyclic) bond motifs is 1. The van der Waals surface area contributed by atoms with Crippen molar-refractivity contribution < 1.29 is 22.7 Å². The highest BCUT2D eigenvalue weighted by Gasteiger charge is 2.23. The van der Waals surface area contributed by atoms with Gasteiger partial charge in [0, 0.05) is 25.6 Å². The Morgan fingerprint density at radius 3 is 2.71 bits per heavy atom. The van der Waals surface area contributed by atoms with Crippen molar-refractivity contribution in [3.8, 4) is 5.75 Å². The number of benzene rings is 1. The summed E-state index contributed by atoms with van der Waals surface area (Å²) >= 11 is 0. The van der Waals surface area contributed by atoms with E-state index >= 15 is 0 Å². The highest BCUT2D eigenvalue weighted by atomic mass is 32.2. The summed E-state index contributed by atoms with van der Waals surface area (Å²) in [6.45, 7) is 1.29. The molecule has 0 spiro atoms. The molecule has 3 rings (SSSR count). The molecule has 2 aliphatic rings. The van der Waals surface area contributed by atoms with Crippen molar-refractivity contribution >= 4 is 27.3 Å². The Labute approximate surface area is 140 Å². The normalized spacial score (nSPS) is 17.7. The Morgan fingerprint density at radius 1 is 1.21 bits per heavy atom. The second-order valence-corrected chi connectivity index (χ2v) is 8.11. The van der Waals surface area contributed by atoms with Gasteiger partial charge in [-0.2, -0.15) is 0 Å². The minimum absolute atomic E-state index is 0.0169. The first-order valence-electron chi connectivity index (χ1n) is 8.03. The van der Waals surface area contributed by atoms with Crippen LogP contribution in [-0.2, 0) is 19.4 Å². The van der Waals surface area contributed by atoms with Crippen LogP contribution < -0.4 is 10.1 Å². The maximum absolute atomic E-state index is 12.5. The maximum atomic E-state index is 12.5. The molecule has 2 heterocycles. The van der Waals surface area contributed by atoms with Crippen LogP contribution in [0.15, 0.2) is 23.1 Å². The minimum atomic E-state index is -3.58. The molecular formula is C16H20N2O5S. The number of carbonyl (C=O) groups is 2. The number of rotatable bonds is 4. The van der Waals surface area contributed by atoms with Gasteiger partial charge in [0.15, 0.2) is 16.4 Å². The number of anilines is 1. The predicted octanol–water partition coefficient (Wildman–Crippen LogP) is 1.19. The number of hydrogen-bond donors (Lipinski definition) is 1. The first-order chi connectivity index (χ1) is 11.5. The van der Waals surface area contributed by atoms with Crippen LogP contribution in [0, 0.1) is 0 Å². The molecule has 0 unspecified atom stereocenters. The predicted molar refractivity (Wildman–Crippen MR) is 87.7 cm³/mol. The molecule has 2 aliphatic heterocycles. The SMILES string of the molecule is O=C1COc2cc(S(=O)(=O)CCC(=O)N3CCCCC3)ccc2N1. The summed E-state index contributed by atoms with van der Waals surface area (Å²) in [5, 5.41) is 2.61. The largest absolute Gasteiger partial charge is 0.482 e. The van der Waals surface area contributed by atoms with E-state index in [1.165, 1.54) is 18.2 Å². The molecule has 1 aromatic rings. The van der Waals surface area contributed by atoms with Crippen LogP contribution in [0.3, 0.4) is 0 Å². The summed E-state index contributed by atoms with van der Waals surface area (Å²) in [7, 11) is -3.58. The Morgan fingerprint density at radius 2 is 1.96 bits per heavy atom. The average molecular weight is 352 g/mol. The summed E-state index contributed by atoms with van der Waals surface area (Å²) in [5.41, 5.74) is 0.453. The lowest BCUT2D eigenvalue weighted by Crippen LogP contribution is -2.36. The third-order valence-electron chi connectivity index (χ3n) is 4.24. The summed E-state index contributed by atoms with van der Waals surface area (Å²) in [5.74, 6) is -0.281. The van der Waals surface area contributed by atoms with Gasteiger partial charge < -0.3 is 15.0 Å². The van der Waals surface area contributed by atoms with Crippen LogP contribution in [0.2, 0.25) is 0 Å². The Kier molecular flexibility index (Phi) is 4.75. The zero-order valence-electron chi connectivity index (χ0n) is 13.3. The molecule has 130 valence electrons. The number of nitrogens with one attached hydrogen (secondary N) is 1. The molecule has 0 aromatic heterocycles. The van der Waals surface area contributed by atoms with Crippen LogP contribution in [-0.4, -0.2) is 50.6 Å². The second-order valence-electron chi connectivity index (χ2n) is 6.01. The highest BCUT2D eigenvalue weighted by Crippen LogP contribution is 2.30. The molecule has 2 amide bonds. The summed E-state index contributed by atoms with van der Waals surface area (Å²) in [4.78, 5) is 25.2. The molecule has 1 N–H and O–H groups in total. The molecule has 1 aromatic carbocycles. The molecule has 0 aliphatic carbocycles. The van der Waals surface area contributed by atoms with Crippen molar-refractivity contribution in [1.82, 2.24) is 4.90 Å². The van der Waals surface area contributed by atoms with Gasteiger partial charge in [0.05, 0.1) is 16.3 Å². The number of carbonyl (C=O) groups excluding carboxylic acids is 2. The number of hydrogen-bond acceptors (Lipinski definition) is 5. The molecule has 7 nitrogen and oxygen atoms in total. The number of amides is 2. The lowest BCUT2D eigenvalue weighted by Gasteiger charge is -2.26. The van der Waals surface area contributed by atoms with Crippen molar-refractivity contribution in [2.24, 2.45) is 0 Å². The van der Waals surface area contributed by atoms with Gasteiger partial charge in [0.2, 0.25) is 5.91 Å². The summed E-state index contributed by atoms with van der Waals surface area (Å²) in [6.07, 6.45) is 3.06. The molecular weight excluding hydrogens is 332 g/mol. The first kappa shape index (κ1) is 16.8. The molecule has 8 heteroatoms. The van der Waals surface area contributed by atoms with Crippen molar-refractivity contribution in [3.63, 3.8) is 0 Å². The fraction of sp³-hybridized carbons (Fsp3) is 0.500. The van der Waals surface area contributed by atoms with Crippen molar-refractivity contribution in [2.45, 2.75) is 30.6 Å². The van der Waals surface area contributed by atoms with Gasteiger partial charge in [-0.15, -0.1) is 0 Å². The summed E-state index contributed by atoms with van der Waals surface area (Å²) in [6, 6.07) is 4.33. The van der Waals surface area contributed by atoms with E-state index < -0.39 is 9.84 Å². The van der Waals surface area contributed by atoms with Gasteiger partial charge in [-0.1, -0.05) is 0 Å². The highest BCUT2D eigenvalue weighted by molar-refractivity contribution is 7.91. The van der Waals surface area contributed by atoms with Gasteiger partial charge in [0.25, 0.3) is 5.91 Å². The van der Waals surface area contributed by atoms with E-state index in [-0.39, 0.29) is 35.5 Å². The molecule has 1 fully saturated rings. The fourth-order valence-electron chi connectivity index (χ4n) is 2.89. The molecule has 0 bridgehead atoms. The molecule has 0 radical (unpaired) electrons. The van der Waals surface area contributed by atoms with E-state index in [2.05, 4.69) is 5.32 Å². The van der Waals surface area contributed by atoms with E-state index in [1.54, 1.807) is 4.90 Å². The number of piperidine rings is 1. The van der Waals surface area contributed by atoms with Crippen LogP contribution in [0.4, 0.5) is 5.69 Å². The molecule has 0 atom stereocenters. The zero-order valence-corrected chi connectivity index (χ0v) is 14.1. The number of nitrogens with zero attached hydrogens (tertiary/aromatic N) is 1. The van der Waals surface area contributed by atoms with E-state index in [0.29, 0.717) is 24.5 Å². The number of likely N-dealkylation sites (tertiary alicyclic amines) is 1. The van der Waals surface area contributed by atoms with Gasteiger partial charge in [-0.05, 0) is 31.4 Å². The summed E-state index contributed by atoms with van der Waals surface area (Å²) < 4.78 is 30.2. The van der Waals surface area contributed by atoms with Crippen LogP contribution in [0.1, 0.15) is 25.7 Å². The quantitative estimate of drug-likeness (QED) is 0.879. The van der Waals surface area contributed by atoms with E-state index in [9.17, 15) is 18.0 Å². The number of ether oxygens (including phenoxy) is 1. The second kappa shape index (κ2) is 6.80. The lowest BCUT2D eigenvalue weighted by atomic mass is 10.1. The Balaban J connectivity index is 1.67. The lowest BCUT2D eigenvalue weighted by molar-refractivity contribution is -0.131. The molecule has 1 saturated heterocycles. The van der Waals surface area contributed by atoms with Gasteiger partial charge in [-0.25, -0.2) is 8.42 Å². The first-order valence-corrected chi connectivity index (χ1v) is 9.68. The Hall–Kier alpha value is -2.09. The van der Waals surface area contributed by atoms with Crippen LogP contribution in [0.25, 0.3) is 0 Å².